The number of aromatic nitrogens is 1. The van der Waals surface area contributed by atoms with Gasteiger partial charge in [-0.15, -0.1) is 0 Å². The molecule has 0 aromatic carbocycles. The Hall–Kier alpha value is -1.33. The molecule has 0 amide bonds. The summed E-state index contributed by atoms with van der Waals surface area (Å²) in [4.78, 5) is 1.72. The Kier molecular flexibility index (Phi) is 3.40. The molecule has 1 aromatic heterocycles. The molecular weight excluding hydrogens is 269 g/mol. The van der Waals surface area contributed by atoms with Crippen LogP contribution in [0.4, 0.5) is 13.2 Å². The number of halogens is 4. The van der Waals surface area contributed by atoms with Gasteiger partial charge in [0.05, 0.1) is 0 Å². The van der Waals surface area contributed by atoms with Crippen LogP contribution in [0.15, 0.2) is 11.0 Å². The first-order chi connectivity index (χ1) is 7.27. The summed E-state index contributed by atoms with van der Waals surface area (Å²) in [6, 6.07) is 1.41. The molecule has 0 radical (unpaired) electrons. The fraction of sp³-hybridized carbons (Fsp3) is 0.143. The van der Waals surface area contributed by atoms with Gasteiger partial charge in [-0.1, -0.05) is 0 Å². The Morgan fingerprint density at radius 3 is 2.44 bits per heavy atom. The van der Waals surface area contributed by atoms with E-state index in [1.165, 1.54) is 6.07 Å². The second-order valence-corrected chi connectivity index (χ2v) is 5.07. The highest BCUT2D eigenvalue weighted by atomic mass is 35.7. The average Bonchev–Trinajstić information content (AvgIpc) is 2.14. The average molecular weight is 271 g/mol. The van der Waals surface area contributed by atoms with E-state index in [0.29, 0.717) is 0 Å². The maximum absolute atomic E-state index is 12.7. The number of hydrogen-bond acceptors (Lipinski definition) is 4. The topological polar surface area (TPSA) is 70.8 Å². The summed E-state index contributed by atoms with van der Waals surface area (Å²) in [6.45, 7) is 0. The van der Waals surface area contributed by atoms with Crippen LogP contribution < -0.4 is 0 Å². The third kappa shape index (κ3) is 2.43. The molecule has 0 N–H and O–H groups in total. The highest BCUT2D eigenvalue weighted by Gasteiger charge is 2.27. The van der Waals surface area contributed by atoms with E-state index in [1.54, 1.807) is 0 Å². The summed E-state index contributed by atoms with van der Waals surface area (Å²) in [5.41, 5.74) is -2.18. The molecule has 1 heterocycles. The molecule has 0 aliphatic rings. The van der Waals surface area contributed by atoms with Crippen LogP contribution in [0, 0.1) is 17.3 Å². The van der Waals surface area contributed by atoms with Crippen LogP contribution in [0.1, 0.15) is 17.7 Å². The fourth-order valence-electron chi connectivity index (χ4n) is 1.01. The monoisotopic (exact) mass is 270 g/mol. The van der Waals surface area contributed by atoms with Crippen molar-refractivity contribution < 1.29 is 21.6 Å². The number of pyridine rings is 1. The molecule has 0 saturated carbocycles. The SMILES string of the molecule is N#Cc1nc(F)cc(C(F)F)c1S(=O)(=O)Cl. The van der Waals surface area contributed by atoms with Crippen molar-refractivity contribution in [2.24, 2.45) is 0 Å². The second-order valence-electron chi connectivity index (χ2n) is 2.56. The first-order valence-corrected chi connectivity index (χ1v) is 5.91. The van der Waals surface area contributed by atoms with Gasteiger partial charge in [-0.3, -0.25) is 0 Å². The van der Waals surface area contributed by atoms with Gasteiger partial charge in [0, 0.05) is 22.3 Å². The van der Waals surface area contributed by atoms with Gasteiger partial charge in [0.2, 0.25) is 5.95 Å². The number of alkyl halides is 2. The van der Waals surface area contributed by atoms with Crippen LogP contribution in [-0.2, 0) is 9.05 Å². The minimum atomic E-state index is -4.60. The largest absolute Gasteiger partial charge is 0.265 e. The first kappa shape index (κ1) is 12.7. The molecule has 0 atom stereocenters. The molecule has 0 spiro atoms. The van der Waals surface area contributed by atoms with Gasteiger partial charge in [-0.25, -0.2) is 22.2 Å². The maximum Gasteiger partial charge on any atom is 0.265 e. The highest BCUT2D eigenvalue weighted by molar-refractivity contribution is 8.13. The van der Waals surface area contributed by atoms with E-state index in [-0.39, 0.29) is 6.07 Å². The summed E-state index contributed by atoms with van der Waals surface area (Å²) in [6.07, 6.45) is -3.28. The predicted octanol–water partition coefficient (Wildman–Crippen LogP) is 1.96. The van der Waals surface area contributed by atoms with Gasteiger partial charge < -0.3 is 0 Å². The minimum Gasteiger partial charge on any atom is -0.207 e. The Morgan fingerprint density at radius 1 is 1.50 bits per heavy atom. The number of hydrogen-bond donors (Lipinski definition) is 0. The summed E-state index contributed by atoms with van der Waals surface area (Å²) in [5.74, 6) is -1.38. The lowest BCUT2D eigenvalue weighted by molar-refractivity contribution is 0.147. The smallest absolute Gasteiger partial charge is 0.207 e. The Balaban J connectivity index is 3.74. The lowest BCUT2D eigenvalue weighted by atomic mass is 10.2. The van der Waals surface area contributed by atoms with Crippen molar-refractivity contribution in [3.05, 3.63) is 23.3 Å². The molecule has 0 bridgehead atoms. The zero-order valence-electron chi connectivity index (χ0n) is 7.29. The third-order valence-corrected chi connectivity index (χ3v) is 2.93. The standard InChI is InChI=1S/C7H2ClF3N2O2S/c8-16(14,15)6-3(7(10)11)1-5(9)13-4(6)2-12/h1,7H. The molecule has 9 heteroatoms. The number of nitriles is 1. The summed E-state index contributed by atoms with van der Waals surface area (Å²) in [7, 11) is 0.272. The Labute approximate surface area is 92.7 Å². The van der Waals surface area contributed by atoms with E-state index in [2.05, 4.69) is 4.98 Å². The number of rotatable bonds is 2. The lowest BCUT2D eigenvalue weighted by Crippen LogP contribution is -2.06. The van der Waals surface area contributed by atoms with E-state index < -0.39 is 37.6 Å². The molecule has 1 aromatic rings. The highest BCUT2D eigenvalue weighted by Crippen LogP contribution is 2.30. The fourth-order valence-corrected chi connectivity index (χ4v) is 2.25. The zero-order chi connectivity index (χ0) is 12.5. The van der Waals surface area contributed by atoms with Gasteiger partial charge in [0.1, 0.15) is 11.0 Å². The molecule has 86 valence electrons. The second kappa shape index (κ2) is 4.27. The van der Waals surface area contributed by atoms with E-state index in [4.69, 9.17) is 15.9 Å². The van der Waals surface area contributed by atoms with Crippen molar-refractivity contribution in [3.8, 4) is 6.07 Å². The molecule has 0 aliphatic carbocycles. The van der Waals surface area contributed by atoms with E-state index in [1.807, 2.05) is 0 Å². The van der Waals surface area contributed by atoms with Gasteiger partial charge >= 0.3 is 0 Å². The van der Waals surface area contributed by atoms with Crippen molar-refractivity contribution >= 4 is 19.7 Å². The van der Waals surface area contributed by atoms with Crippen LogP contribution in [0.25, 0.3) is 0 Å². The normalized spacial score (nSPS) is 11.5. The summed E-state index contributed by atoms with van der Waals surface area (Å²) in [5, 5.41) is 8.47. The van der Waals surface area contributed by atoms with Crippen molar-refractivity contribution in [2.45, 2.75) is 11.3 Å². The third-order valence-electron chi connectivity index (χ3n) is 1.56. The van der Waals surface area contributed by atoms with Crippen LogP contribution in [-0.4, -0.2) is 13.4 Å². The van der Waals surface area contributed by atoms with Gasteiger partial charge in [0.15, 0.2) is 5.69 Å². The molecule has 0 unspecified atom stereocenters. The molecular formula is C7H2ClF3N2O2S. The van der Waals surface area contributed by atoms with Crippen LogP contribution in [0.3, 0.4) is 0 Å². The van der Waals surface area contributed by atoms with E-state index in [9.17, 15) is 21.6 Å². The Bertz CT molecular complexity index is 568. The molecule has 16 heavy (non-hydrogen) atoms. The van der Waals surface area contributed by atoms with Crippen molar-refractivity contribution in [3.63, 3.8) is 0 Å². The van der Waals surface area contributed by atoms with Gasteiger partial charge in [-0.05, 0) is 0 Å². The Morgan fingerprint density at radius 2 is 2.06 bits per heavy atom. The van der Waals surface area contributed by atoms with Gasteiger partial charge in [-0.2, -0.15) is 9.65 Å². The van der Waals surface area contributed by atoms with Crippen molar-refractivity contribution in [1.29, 1.82) is 5.26 Å². The van der Waals surface area contributed by atoms with Gasteiger partial charge in [0.25, 0.3) is 15.5 Å². The molecule has 0 fully saturated rings. The van der Waals surface area contributed by atoms with Crippen LogP contribution >= 0.6 is 10.7 Å². The number of nitrogens with zero attached hydrogens (tertiary/aromatic N) is 2. The predicted molar refractivity (Wildman–Crippen MR) is 46.9 cm³/mol. The maximum atomic E-state index is 12.7. The first-order valence-electron chi connectivity index (χ1n) is 3.60. The summed E-state index contributed by atoms with van der Waals surface area (Å²) < 4.78 is 59.5. The lowest BCUT2D eigenvalue weighted by Gasteiger charge is -2.06. The van der Waals surface area contributed by atoms with Crippen LogP contribution in [0.5, 0.6) is 0 Å². The van der Waals surface area contributed by atoms with Crippen molar-refractivity contribution in [1.82, 2.24) is 4.98 Å². The molecule has 0 saturated heterocycles. The van der Waals surface area contributed by atoms with Crippen molar-refractivity contribution in [2.75, 3.05) is 0 Å². The van der Waals surface area contributed by atoms with Crippen LogP contribution in [0.2, 0.25) is 0 Å². The van der Waals surface area contributed by atoms with E-state index in [0.717, 1.165) is 0 Å². The zero-order valence-corrected chi connectivity index (χ0v) is 8.86. The van der Waals surface area contributed by atoms with E-state index >= 15 is 0 Å². The minimum absolute atomic E-state index is 0.223. The summed E-state index contributed by atoms with van der Waals surface area (Å²) >= 11 is 0. The quantitative estimate of drug-likeness (QED) is 0.608. The molecule has 0 aliphatic heterocycles. The molecule has 1 rings (SSSR count). The molecule has 4 nitrogen and oxygen atoms in total.